The molecule has 1 rings (SSSR count). The molecule has 0 bridgehead atoms. The van der Waals surface area contributed by atoms with Crippen LogP contribution in [0.3, 0.4) is 0 Å². The van der Waals surface area contributed by atoms with Crippen LogP contribution in [0.25, 0.3) is 0 Å². The van der Waals surface area contributed by atoms with E-state index in [1.165, 1.54) is 0 Å². The molecule has 2 N–H and O–H groups in total. The van der Waals surface area contributed by atoms with Gasteiger partial charge in [-0.05, 0) is 27.2 Å². The van der Waals surface area contributed by atoms with E-state index >= 15 is 0 Å². The van der Waals surface area contributed by atoms with E-state index in [9.17, 15) is 4.79 Å². The zero-order chi connectivity index (χ0) is 15.9. The van der Waals surface area contributed by atoms with Crippen LogP contribution in [0.2, 0.25) is 0 Å². The molecule has 118 valence electrons. The SMILES string of the molecule is CCCN(CC(=O)NC)c1ncc(CNC(C)(C)C)cn1. The molecule has 6 nitrogen and oxygen atoms in total. The van der Waals surface area contributed by atoms with Crippen LogP contribution < -0.4 is 15.5 Å². The Morgan fingerprint density at radius 2 is 1.90 bits per heavy atom. The summed E-state index contributed by atoms with van der Waals surface area (Å²) in [5, 5.41) is 6.02. The minimum atomic E-state index is -0.0366. The fourth-order valence-electron chi connectivity index (χ4n) is 1.74. The van der Waals surface area contributed by atoms with E-state index in [-0.39, 0.29) is 18.0 Å². The van der Waals surface area contributed by atoms with Crippen molar-refractivity contribution in [1.29, 1.82) is 0 Å². The molecular weight excluding hydrogens is 266 g/mol. The largest absolute Gasteiger partial charge is 0.358 e. The van der Waals surface area contributed by atoms with Gasteiger partial charge in [0.1, 0.15) is 0 Å². The number of hydrogen-bond donors (Lipinski definition) is 2. The number of amides is 1. The number of carbonyl (C=O) groups excluding carboxylic acids is 1. The molecule has 21 heavy (non-hydrogen) atoms. The maximum Gasteiger partial charge on any atom is 0.239 e. The molecule has 0 saturated heterocycles. The van der Waals surface area contributed by atoms with Gasteiger partial charge in [-0.15, -0.1) is 0 Å². The molecule has 0 spiro atoms. The summed E-state index contributed by atoms with van der Waals surface area (Å²) < 4.78 is 0. The maximum absolute atomic E-state index is 11.5. The van der Waals surface area contributed by atoms with Crippen LogP contribution in [0, 0.1) is 0 Å². The van der Waals surface area contributed by atoms with Crippen molar-refractivity contribution in [2.24, 2.45) is 0 Å². The number of anilines is 1. The van der Waals surface area contributed by atoms with Crippen molar-refractivity contribution in [3.63, 3.8) is 0 Å². The van der Waals surface area contributed by atoms with E-state index in [4.69, 9.17) is 0 Å². The van der Waals surface area contributed by atoms with E-state index in [1.807, 2.05) is 17.3 Å². The van der Waals surface area contributed by atoms with E-state index < -0.39 is 0 Å². The summed E-state index contributed by atoms with van der Waals surface area (Å²) in [6.45, 7) is 10.2. The highest BCUT2D eigenvalue weighted by Crippen LogP contribution is 2.09. The van der Waals surface area contributed by atoms with Crippen LogP contribution >= 0.6 is 0 Å². The summed E-state index contributed by atoms with van der Waals surface area (Å²) in [6, 6.07) is 0. The lowest BCUT2D eigenvalue weighted by atomic mass is 10.1. The Morgan fingerprint density at radius 1 is 1.29 bits per heavy atom. The number of carbonyl (C=O) groups is 1. The fraction of sp³-hybridized carbons (Fsp3) is 0.667. The zero-order valence-electron chi connectivity index (χ0n) is 13.7. The summed E-state index contributed by atoms with van der Waals surface area (Å²) in [7, 11) is 1.63. The molecule has 1 aromatic rings. The molecule has 0 radical (unpaired) electrons. The van der Waals surface area contributed by atoms with Gasteiger partial charge in [0.25, 0.3) is 0 Å². The van der Waals surface area contributed by atoms with E-state index in [2.05, 4.69) is 48.3 Å². The van der Waals surface area contributed by atoms with Crippen molar-refractivity contribution >= 4 is 11.9 Å². The maximum atomic E-state index is 11.5. The average Bonchev–Trinajstić information content (AvgIpc) is 2.44. The summed E-state index contributed by atoms with van der Waals surface area (Å²) >= 11 is 0. The monoisotopic (exact) mass is 293 g/mol. The van der Waals surface area contributed by atoms with Crippen molar-refractivity contribution < 1.29 is 4.79 Å². The molecule has 0 saturated carbocycles. The highest BCUT2D eigenvalue weighted by molar-refractivity contribution is 5.80. The fourth-order valence-corrected chi connectivity index (χ4v) is 1.74. The lowest BCUT2D eigenvalue weighted by molar-refractivity contribution is -0.119. The Balaban J connectivity index is 2.70. The second kappa shape index (κ2) is 7.93. The van der Waals surface area contributed by atoms with Gasteiger partial charge in [0.05, 0.1) is 6.54 Å². The molecule has 1 heterocycles. The minimum absolute atomic E-state index is 0.0366. The topological polar surface area (TPSA) is 70.2 Å². The van der Waals surface area contributed by atoms with E-state index in [0.29, 0.717) is 5.95 Å². The van der Waals surface area contributed by atoms with Gasteiger partial charge in [0.15, 0.2) is 0 Å². The third kappa shape index (κ3) is 6.53. The number of rotatable bonds is 7. The quantitative estimate of drug-likeness (QED) is 0.793. The summed E-state index contributed by atoms with van der Waals surface area (Å²) in [4.78, 5) is 22.2. The van der Waals surface area contributed by atoms with Crippen LogP contribution in [0.1, 0.15) is 39.7 Å². The highest BCUT2D eigenvalue weighted by atomic mass is 16.1. The van der Waals surface area contributed by atoms with Gasteiger partial charge in [-0.3, -0.25) is 4.79 Å². The number of hydrogen-bond acceptors (Lipinski definition) is 5. The zero-order valence-corrected chi connectivity index (χ0v) is 13.7. The smallest absolute Gasteiger partial charge is 0.239 e. The molecule has 1 amide bonds. The van der Waals surface area contributed by atoms with Gasteiger partial charge in [-0.1, -0.05) is 6.92 Å². The van der Waals surface area contributed by atoms with Gasteiger partial charge in [0, 0.05) is 43.6 Å². The minimum Gasteiger partial charge on any atom is -0.358 e. The third-order valence-electron chi connectivity index (χ3n) is 2.90. The molecule has 0 fully saturated rings. The summed E-state index contributed by atoms with van der Waals surface area (Å²) in [6.07, 6.45) is 4.56. The van der Waals surface area contributed by atoms with Crippen LogP contribution in [-0.4, -0.2) is 41.6 Å². The van der Waals surface area contributed by atoms with Gasteiger partial charge in [-0.25, -0.2) is 9.97 Å². The number of nitrogens with zero attached hydrogens (tertiary/aromatic N) is 3. The second-order valence-corrected chi connectivity index (χ2v) is 6.09. The average molecular weight is 293 g/mol. The Labute approximate surface area is 127 Å². The first-order valence-corrected chi connectivity index (χ1v) is 7.37. The predicted molar refractivity (Wildman–Crippen MR) is 85.2 cm³/mol. The molecular formula is C15H27N5O. The summed E-state index contributed by atoms with van der Waals surface area (Å²) in [5.74, 6) is 0.561. The molecule has 0 atom stereocenters. The van der Waals surface area contributed by atoms with Crippen molar-refractivity contribution in [2.75, 3.05) is 25.0 Å². The van der Waals surface area contributed by atoms with Crippen molar-refractivity contribution in [2.45, 2.75) is 46.2 Å². The molecule has 0 aliphatic rings. The number of likely N-dealkylation sites (N-methyl/N-ethyl adjacent to an activating group) is 1. The van der Waals surface area contributed by atoms with Crippen molar-refractivity contribution in [1.82, 2.24) is 20.6 Å². The first kappa shape index (κ1) is 17.4. The van der Waals surface area contributed by atoms with Crippen LogP contribution in [0.15, 0.2) is 12.4 Å². The molecule has 6 heteroatoms. The predicted octanol–water partition coefficient (Wildman–Crippen LogP) is 1.33. The van der Waals surface area contributed by atoms with Gasteiger partial charge < -0.3 is 15.5 Å². The van der Waals surface area contributed by atoms with Crippen LogP contribution in [-0.2, 0) is 11.3 Å². The molecule has 0 unspecified atom stereocenters. The van der Waals surface area contributed by atoms with Gasteiger partial charge in [-0.2, -0.15) is 0 Å². The number of nitrogens with one attached hydrogen (secondary N) is 2. The molecule has 0 aliphatic carbocycles. The summed E-state index contributed by atoms with van der Waals surface area (Å²) in [5.41, 5.74) is 1.09. The van der Waals surface area contributed by atoms with Crippen LogP contribution in [0.4, 0.5) is 5.95 Å². The van der Waals surface area contributed by atoms with E-state index in [0.717, 1.165) is 25.1 Å². The highest BCUT2D eigenvalue weighted by Gasteiger charge is 2.13. The third-order valence-corrected chi connectivity index (χ3v) is 2.90. The Bertz CT molecular complexity index is 438. The Kier molecular flexibility index (Phi) is 6.55. The number of aromatic nitrogens is 2. The van der Waals surface area contributed by atoms with Gasteiger partial charge >= 0.3 is 0 Å². The second-order valence-electron chi connectivity index (χ2n) is 6.09. The van der Waals surface area contributed by atoms with Crippen molar-refractivity contribution in [3.8, 4) is 0 Å². The first-order chi connectivity index (χ1) is 9.85. The van der Waals surface area contributed by atoms with E-state index in [1.54, 1.807) is 7.05 Å². The lowest BCUT2D eigenvalue weighted by Crippen LogP contribution is -2.37. The Morgan fingerprint density at radius 3 is 2.38 bits per heavy atom. The lowest BCUT2D eigenvalue weighted by Gasteiger charge is -2.22. The van der Waals surface area contributed by atoms with Crippen LogP contribution in [0.5, 0.6) is 0 Å². The normalized spacial score (nSPS) is 11.3. The molecule has 0 aromatic carbocycles. The Hall–Kier alpha value is -1.69. The standard InChI is InChI=1S/C15H27N5O/c1-6-7-20(11-13(21)16-5)14-17-8-12(9-18-14)10-19-15(2,3)4/h8-9,19H,6-7,10-11H2,1-5H3,(H,16,21). The van der Waals surface area contributed by atoms with Crippen molar-refractivity contribution in [3.05, 3.63) is 18.0 Å². The first-order valence-electron chi connectivity index (χ1n) is 7.37. The molecule has 1 aromatic heterocycles. The van der Waals surface area contributed by atoms with Gasteiger partial charge in [0.2, 0.25) is 11.9 Å². The molecule has 0 aliphatic heterocycles.